The van der Waals surface area contributed by atoms with E-state index in [1.807, 2.05) is 6.92 Å². The predicted octanol–water partition coefficient (Wildman–Crippen LogP) is 0.879. The highest BCUT2D eigenvalue weighted by Crippen LogP contribution is 2.10. The molecular formula is C15H18N4O3S. The SMILES string of the molecule is Cc1ccc(S(=O)(=O)NCCNc2ccnc(C(N)=O)c2)cc1. The van der Waals surface area contributed by atoms with Gasteiger partial charge < -0.3 is 11.1 Å². The van der Waals surface area contributed by atoms with Crippen molar-refractivity contribution < 1.29 is 13.2 Å². The lowest BCUT2D eigenvalue weighted by Crippen LogP contribution is -2.29. The van der Waals surface area contributed by atoms with Gasteiger partial charge in [0.05, 0.1) is 4.90 Å². The summed E-state index contributed by atoms with van der Waals surface area (Å²) in [5.74, 6) is -0.617. The molecule has 4 N–H and O–H groups in total. The number of pyridine rings is 1. The van der Waals surface area contributed by atoms with Crippen LogP contribution in [0.25, 0.3) is 0 Å². The molecule has 2 rings (SSSR count). The van der Waals surface area contributed by atoms with Crippen molar-refractivity contribution in [3.8, 4) is 0 Å². The third kappa shape index (κ3) is 4.76. The Kier molecular flexibility index (Phi) is 5.30. The average molecular weight is 334 g/mol. The van der Waals surface area contributed by atoms with Crippen molar-refractivity contribution in [2.45, 2.75) is 11.8 Å². The first-order chi connectivity index (χ1) is 10.9. The first kappa shape index (κ1) is 16.9. The second-order valence-electron chi connectivity index (χ2n) is 4.93. The summed E-state index contributed by atoms with van der Waals surface area (Å²) in [6.45, 7) is 2.44. The van der Waals surface area contributed by atoms with Crippen LogP contribution in [0.1, 0.15) is 16.1 Å². The molecule has 2 aromatic rings. The van der Waals surface area contributed by atoms with Crippen molar-refractivity contribution >= 4 is 21.6 Å². The van der Waals surface area contributed by atoms with Crippen molar-refractivity contribution in [2.75, 3.05) is 18.4 Å². The lowest BCUT2D eigenvalue weighted by Gasteiger charge is -2.09. The topological polar surface area (TPSA) is 114 Å². The van der Waals surface area contributed by atoms with Crippen LogP contribution in [-0.4, -0.2) is 32.4 Å². The molecule has 122 valence electrons. The Balaban J connectivity index is 1.88. The summed E-state index contributed by atoms with van der Waals surface area (Å²) in [7, 11) is -3.53. The summed E-state index contributed by atoms with van der Waals surface area (Å²) in [6, 6.07) is 9.79. The van der Waals surface area contributed by atoms with Crippen molar-refractivity contribution in [3.05, 3.63) is 53.9 Å². The second-order valence-corrected chi connectivity index (χ2v) is 6.70. The number of amides is 1. The number of rotatable bonds is 7. The number of carbonyl (C=O) groups is 1. The third-order valence-electron chi connectivity index (χ3n) is 3.09. The van der Waals surface area contributed by atoms with E-state index in [-0.39, 0.29) is 17.1 Å². The fourth-order valence-corrected chi connectivity index (χ4v) is 2.90. The van der Waals surface area contributed by atoms with Gasteiger partial charge in [0, 0.05) is 25.0 Å². The molecule has 0 bridgehead atoms. The summed E-state index contributed by atoms with van der Waals surface area (Å²) in [4.78, 5) is 15.1. The zero-order valence-electron chi connectivity index (χ0n) is 12.6. The standard InChI is InChI=1S/C15H18N4O3S/c1-11-2-4-13(5-3-11)23(21,22)19-9-8-17-12-6-7-18-14(10-12)15(16)20/h2-7,10,19H,8-9H2,1H3,(H2,16,20)(H,17,18). The highest BCUT2D eigenvalue weighted by atomic mass is 32.2. The van der Waals surface area contributed by atoms with E-state index in [9.17, 15) is 13.2 Å². The maximum absolute atomic E-state index is 12.1. The van der Waals surface area contributed by atoms with Crippen LogP contribution >= 0.6 is 0 Å². The van der Waals surface area contributed by atoms with E-state index in [1.165, 1.54) is 12.3 Å². The van der Waals surface area contributed by atoms with Gasteiger partial charge in [-0.25, -0.2) is 13.1 Å². The number of anilines is 1. The zero-order valence-corrected chi connectivity index (χ0v) is 13.4. The molecule has 0 aliphatic heterocycles. The summed E-state index contributed by atoms with van der Waals surface area (Å²) in [5.41, 5.74) is 6.93. The van der Waals surface area contributed by atoms with E-state index < -0.39 is 15.9 Å². The van der Waals surface area contributed by atoms with Gasteiger partial charge in [-0.1, -0.05) is 17.7 Å². The molecule has 7 nitrogen and oxygen atoms in total. The molecule has 23 heavy (non-hydrogen) atoms. The first-order valence-electron chi connectivity index (χ1n) is 6.94. The first-order valence-corrected chi connectivity index (χ1v) is 8.43. The fourth-order valence-electron chi connectivity index (χ4n) is 1.87. The van der Waals surface area contributed by atoms with Crippen LogP contribution in [-0.2, 0) is 10.0 Å². The highest BCUT2D eigenvalue weighted by Gasteiger charge is 2.12. The van der Waals surface area contributed by atoms with E-state index in [0.717, 1.165) is 5.56 Å². The van der Waals surface area contributed by atoms with E-state index in [1.54, 1.807) is 30.3 Å². The Morgan fingerprint density at radius 3 is 2.52 bits per heavy atom. The number of nitrogens with one attached hydrogen (secondary N) is 2. The Morgan fingerprint density at radius 1 is 1.17 bits per heavy atom. The number of primary amides is 1. The minimum Gasteiger partial charge on any atom is -0.384 e. The van der Waals surface area contributed by atoms with Crippen molar-refractivity contribution in [3.63, 3.8) is 0 Å². The molecule has 0 radical (unpaired) electrons. The van der Waals surface area contributed by atoms with Crippen LogP contribution in [0, 0.1) is 6.92 Å². The van der Waals surface area contributed by atoms with Gasteiger partial charge in [0.15, 0.2) is 0 Å². The molecule has 1 aromatic heterocycles. The number of nitrogens with two attached hydrogens (primary N) is 1. The Labute approximate surface area is 135 Å². The number of benzene rings is 1. The van der Waals surface area contributed by atoms with E-state index in [0.29, 0.717) is 12.2 Å². The largest absolute Gasteiger partial charge is 0.384 e. The van der Waals surface area contributed by atoms with Gasteiger partial charge in [-0.2, -0.15) is 0 Å². The van der Waals surface area contributed by atoms with Crippen LogP contribution in [0.4, 0.5) is 5.69 Å². The monoisotopic (exact) mass is 334 g/mol. The highest BCUT2D eigenvalue weighted by molar-refractivity contribution is 7.89. The lowest BCUT2D eigenvalue weighted by molar-refractivity contribution is 0.0995. The minimum absolute atomic E-state index is 0.148. The molecule has 0 spiro atoms. The summed E-state index contributed by atoms with van der Waals surface area (Å²) in [6.07, 6.45) is 1.46. The predicted molar refractivity (Wildman–Crippen MR) is 87.6 cm³/mol. The van der Waals surface area contributed by atoms with Gasteiger partial charge in [0.2, 0.25) is 10.0 Å². The van der Waals surface area contributed by atoms with E-state index in [4.69, 9.17) is 5.73 Å². The molecule has 1 heterocycles. The van der Waals surface area contributed by atoms with Gasteiger partial charge in [0.1, 0.15) is 5.69 Å². The maximum atomic E-state index is 12.1. The molecule has 0 saturated heterocycles. The molecule has 1 aromatic carbocycles. The molecule has 8 heteroatoms. The van der Waals surface area contributed by atoms with Crippen molar-refractivity contribution in [1.29, 1.82) is 0 Å². The Morgan fingerprint density at radius 2 is 1.87 bits per heavy atom. The number of hydrogen-bond donors (Lipinski definition) is 3. The Bertz CT molecular complexity index is 789. The third-order valence-corrected chi connectivity index (χ3v) is 4.57. The number of aromatic nitrogens is 1. The van der Waals surface area contributed by atoms with Gasteiger partial charge in [-0.05, 0) is 31.2 Å². The lowest BCUT2D eigenvalue weighted by atomic mass is 10.2. The van der Waals surface area contributed by atoms with Crippen molar-refractivity contribution in [2.24, 2.45) is 5.73 Å². The average Bonchev–Trinajstić information content (AvgIpc) is 2.52. The molecular weight excluding hydrogens is 316 g/mol. The molecule has 0 fully saturated rings. The van der Waals surface area contributed by atoms with Crippen LogP contribution in [0.3, 0.4) is 0 Å². The molecule has 0 atom stereocenters. The number of sulfonamides is 1. The summed E-state index contributed by atoms with van der Waals surface area (Å²) < 4.78 is 26.7. The van der Waals surface area contributed by atoms with Crippen LogP contribution in [0.2, 0.25) is 0 Å². The molecule has 1 amide bonds. The normalized spacial score (nSPS) is 11.2. The van der Waals surface area contributed by atoms with E-state index >= 15 is 0 Å². The smallest absolute Gasteiger partial charge is 0.267 e. The van der Waals surface area contributed by atoms with Crippen molar-refractivity contribution in [1.82, 2.24) is 9.71 Å². The van der Waals surface area contributed by atoms with Gasteiger partial charge in [0.25, 0.3) is 5.91 Å². The maximum Gasteiger partial charge on any atom is 0.267 e. The number of nitrogens with zero attached hydrogens (tertiary/aromatic N) is 1. The second kappa shape index (κ2) is 7.21. The van der Waals surface area contributed by atoms with Crippen LogP contribution in [0.15, 0.2) is 47.5 Å². The quantitative estimate of drug-likeness (QED) is 0.650. The van der Waals surface area contributed by atoms with Gasteiger partial charge in [-0.3, -0.25) is 9.78 Å². The molecule has 0 unspecified atom stereocenters. The Hall–Kier alpha value is -2.45. The molecule has 0 saturated carbocycles. The molecule has 0 aliphatic rings. The summed E-state index contributed by atoms with van der Waals surface area (Å²) >= 11 is 0. The van der Waals surface area contributed by atoms with Crippen LogP contribution in [0.5, 0.6) is 0 Å². The van der Waals surface area contributed by atoms with Gasteiger partial charge >= 0.3 is 0 Å². The summed E-state index contributed by atoms with van der Waals surface area (Å²) in [5, 5.41) is 3.00. The molecule has 0 aliphatic carbocycles. The van der Waals surface area contributed by atoms with E-state index in [2.05, 4.69) is 15.0 Å². The minimum atomic E-state index is -3.53. The zero-order chi connectivity index (χ0) is 16.9. The van der Waals surface area contributed by atoms with Gasteiger partial charge in [-0.15, -0.1) is 0 Å². The number of hydrogen-bond acceptors (Lipinski definition) is 5. The fraction of sp³-hybridized carbons (Fsp3) is 0.200. The number of carbonyl (C=O) groups excluding carboxylic acids is 1. The van der Waals surface area contributed by atoms with Crippen LogP contribution < -0.4 is 15.8 Å². The number of aryl methyl sites for hydroxylation is 1.